The molecule has 3 rings (SSSR count). The summed E-state index contributed by atoms with van der Waals surface area (Å²) in [5.74, 6) is 1.21. The van der Waals surface area contributed by atoms with Crippen LogP contribution in [0.5, 0.6) is 17.2 Å². The first-order valence-electron chi connectivity index (χ1n) is 10.1. The van der Waals surface area contributed by atoms with Crippen molar-refractivity contribution in [1.82, 2.24) is 5.32 Å². The average molecular weight is 428 g/mol. The van der Waals surface area contributed by atoms with Crippen molar-refractivity contribution in [2.75, 3.05) is 39.8 Å². The summed E-state index contributed by atoms with van der Waals surface area (Å²) in [6.45, 7) is 3.23. The minimum atomic E-state index is -0.357. The topological polar surface area (TPSA) is 90.4 Å². The zero-order valence-corrected chi connectivity index (χ0v) is 18.4. The number of anilines is 1. The van der Waals surface area contributed by atoms with Crippen LogP contribution in [0.15, 0.2) is 41.4 Å². The van der Waals surface area contributed by atoms with Crippen LogP contribution in [0.4, 0.5) is 5.69 Å². The minimum Gasteiger partial charge on any atom is -0.493 e. The lowest BCUT2D eigenvalue weighted by Crippen LogP contribution is -2.36. The Morgan fingerprint density at radius 3 is 2.32 bits per heavy atom. The number of rotatable bonds is 7. The van der Waals surface area contributed by atoms with E-state index in [1.165, 1.54) is 21.3 Å². The molecule has 0 saturated carbocycles. The number of guanidine groups is 1. The van der Waals surface area contributed by atoms with Gasteiger partial charge in [-0.3, -0.25) is 10.1 Å². The number of nitrogens with zero attached hydrogens (tertiary/aromatic N) is 1. The standard InChI is InChI=1S/C23H29N3O5/c1-15-7-9-17(10-8-15)25-23(24-14-18-6-5-11-31-18)26-22(27)16-12-19(28-2)21(30-4)20(13-16)29-3/h7-10,12-13,18H,5-6,11,14H2,1-4H3,(H2,24,25,26,27)/t18-/m1/s1. The number of hydrogen-bond acceptors (Lipinski definition) is 6. The van der Waals surface area contributed by atoms with Gasteiger partial charge < -0.3 is 24.3 Å². The van der Waals surface area contributed by atoms with E-state index < -0.39 is 0 Å². The van der Waals surface area contributed by atoms with Crippen LogP contribution in [0.2, 0.25) is 0 Å². The number of carbonyl (C=O) groups excluding carboxylic acids is 1. The van der Waals surface area contributed by atoms with Crippen LogP contribution in [-0.2, 0) is 4.74 Å². The SMILES string of the molecule is COc1cc(C(=O)NC(=NC[C@H]2CCCO2)Nc2ccc(C)cc2)cc(OC)c1OC. The third-order valence-electron chi connectivity index (χ3n) is 4.95. The largest absolute Gasteiger partial charge is 0.493 e. The van der Waals surface area contributed by atoms with Crippen molar-refractivity contribution < 1.29 is 23.7 Å². The van der Waals surface area contributed by atoms with Crippen molar-refractivity contribution in [2.45, 2.75) is 25.9 Å². The highest BCUT2D eigenvalue weighted by molar-refractivity contribution is 6.10. The Hall–Kier alpha value is -3.26. The number of amides is 1. The Morgan fingerprint density at radius 2 is 1.77 bits per heavy atom. The van der Waals surface area contributed by atoms with Gasteiger partial charge in [-0.1, -0.05) is 17.7 Å². The fourth-order valence-electron chi connectivity index (χ4n) is 3.26. The van der Waals surface area contributed by atoms with Crippen LogP contribution in [0.3, 0.4) is 0 Å². The highest BCUT2D eigenvalue weighted by Crippen LogP contribution is 2.38. The normalized spacial score (nSPS) is 16.0. The molecule has 2 N–H and O–H groups in total. The van der Waals surface area contributed by atoms with Crippen LogP contribution >= 0.6 is 0 Å². The number of hydrogen-bond donors (Lipinski definition) is 2. The second-order valence-electron chi connectivity index (χ2n) is 7.18. The molecule has 1 aliphatic rings. The summed E-state index contributed by atoms with van der Waals surface area (Å²) in [4.78, 5) is 17.6. The van der Waals surface area contributed by atoms with Gasteiger partial charge >= 0.3 is 0 Å². The van der Waals surface area contributed by atoms with Gasteiger partial charge in [0.15, 0.2) is 11.5 Å². The molecule has 0 aliphatic carbocycles. The summed E-state index contributed by atoms with van der Waals surface area (Å²) in [6.07, 6.45) is 2.05. The molecule has 31 heavy (non-hydrogen) atoms. The van der Waals surface area contributed by atoms with E-state index in [2.05, 4.69) is 15.6 Å². The predicted molar refractivity (Wildman–Crippen MR) is 120 cm³/mol. The molecule has 0 aromatic heterocycles. The Balaban J connectivity index is 1.82. The van der Waals surface area contributed by atoms with E-state index >= 15 is 0 Å². The fraction of sp³-hybridized carbons (Fsp3) is 0.391. The average Bonchev–Trinajstić information content (AvgIpc) is 3.31. The molecular formula is C23H29N3O5. The lowest BCUT2D eigenvalue weighted by atomic mass is 10.1. The molecule has 1 heterocycles. The lowest BCUT2D eigenvalue weighted by Gasteiger charge is -2.16. The third-order valence-corrected chi connectivity index (χ3v) is 4.95. The van der Waals surface area contributed by atoms with E-state index in [0.717, 1.165) is 30.7 Å². The van der Waals surface area contributed by atoms with Gasteiger partial charge in [-0.05, 0) is 44.0 Å². The lowest BCUT2D eigenvalue weighted by molar-refractivity contribution is 0.0974. The second kappa shape index (κ2) is 10.7. The molecule has 1 fully saturated rings. The summed E-state index contributed by atoms with van der Waals surface area (Å²) < 4.78 is 21.7. The van der Waals surface area contributed by atoms with Crippen molar-refractivity contribution in [2.24, 2.45) is 4.99 Å². The first kappa shape index (κ1) is 22.4. The zero-order valence-electron chi connectivity index (χ0n) is 18.4. The highest BCUT2D eigenvalue weighted by Gasteiger charge is 2.19. The number of nitrogens with one attached hydrogen (secondary N) is 2. The first-order chi connectivity index (χ1) is 15.0. The second-order valence-corrected chi connectivity index (χ2v) is 7.18. The molecule has 1 saturated heterocycles. The number of ether oxygens (including phenoxy) is 4. The molecule has 0 spiro atoms. The first-order valence-corrected chi connectivity index (χ1v) is 10.1. The van der Waals surface area contributed by atoms with Crippen LogP contribution in [0, 0.1) is 6.92 Å². The van der Waals surface area contributed by atoms with Crippen molar-refractivity contribution in [3.8, 4) is 17.2 Å². The summed E-state index contributed by atoms with van der Waals surface area (Å²) in [5.41, 5.74) is 2.32. The Bertz CT molecular complexity index is 896. The molecular weight excluding hydrogens is 398 g/mol. The van der Waals surface area contributed by atoms with Gasteiger partial charge in [0.1, 0.15) is 0 Å². The number of aryl methyl sites for hydroxylation is 1. The highest BCUT2D eigenvalue weighted by atomic mass is 16.5. The smallest absolute Gasteiger partial charge is 0.258 e. The molecule has 1 atom stereocenters. The molecule has 0 bridgehead atoms. The summed E-state index contributed by atoms with van der Waals surface area (Å²) in [6, 6.07) is 11.0. The van der Waals surface area contributed by atoms with Gasteiger partial charge in [0.2, 0.25) is 11.7 Å². The molecule has 166 valence electrons. The van der Waals surface area contributed by atoms with E-state index in [1.54, 1.807) is 12.1 Å². The van der Waals surface area contributed by atoms with Gasteiger partial charge in [0, 0.05) is 17.9 Å². The third kappa shape index (κ3) is 5.88. The van der Waals surface area contributed by atoms with Gasteiger partial charge in [-0.2, -0.15) is 0 Å². The number of methoxy groups -OCH3 is 3. The van der Waals surface area contributed by atoms with E-state index in [9.17, 15) is 4.79 Å². The van der Waals surface area contributed by atoms with Gasteiger partial charge in [0.25, 0.3) is 5.91 Å². The monoisotopic (exact) mass is 427 g/mol. The molecule has 2 aromatic rings. The maximum atomic E-state index is 13.0. The predicted octanol–water partition coefficient (Wildman–Crippen LogP) is 3.40. The molecule has 1 aliphatic heterocycles. The van der Waals surface area contributed by atoms with Gasteiger partial charge in [-0.25, -0.2) is 4.99 Å². The van der Waals surface area contributed by atoms with Gasteiger partial charge in [-0.15, -0.1) is 0 Å². The van der Waals surface area contributed by atoms with Crippen LogP contribution in [0.1, 0.15) is 28.8 Å². The Labute approximate surface area is 182 Å². The molecule has 1 amide bonds. The number of benzene rings is 2. The number of carbonyl (C=O) groups is 1. The zero-order chi connectivity index (χ0) is 22.2. The van der Waals surface area contributed by atoms with Crippen molar-refractivity contribution >= 4 is 17.6 Å². The minimum absolute atomic E-state index is 0.0629. The van der Waals surface area contributed by atoms with Gasteiger partial charge in [0.05, 0.1) is 34.0 Å². The summed E-state index contributed by atoms with van der Waals surface area (Å²) >= 11 is 0. The van der Waals surface area contributed by atoms with Crippen molar-refractivity contribution in [3.05, 3.63) is 47.5 Å². The molecule has 8 nitrogen and oxygen atoms in total. The Kier molecular flexibility index (Phi) is 7.72. The van der Waals surface area contributed by atoms with Crippen molar-refractivity contribution in [3.63, 3.8) is 0 Å². The van der Waals surface area contributed by atoms with E-state index in [0.29, 0.717) is 35.3 Å². The van der Waals surface area contributed by atoms with Crippen LogP contribution in [-0.4, -0.2) is 52.5 Å². The van der Waals surface area contributed by atoms with E-state index in [4.69, 9.17) is 18.9 Å². The van der Waals surface area contributed by atoms with E-state index in [-0.39, 0.29) is 12.0 Å². The quantitative estimate of drug-likeness (QED) is 0.520. The van der Waals surface area contributed by atoms with E-state index in [1.807, 2.05) is 31.2 Å². The molecule has 0 unspecified atom stereocenters. The van der Waals surface area contributed by atoms with Crippen LogP contribution < -0.4 is 24.8 Å². The maximum Gasteiger partial charge on any atom is 0.258 e. The number of aliphatic imine (C=N–C) groups is 1. The maximum absolute atomic E-state index is 13.0. The molecule has 0 radical (unpaired) electrons. The van der Waals surface area contributed by atoms with Crippen LogP contribution in [0.25, 0.3) is 0 Å². The summed E-state index contributed by atoms with van der Waals surface area (Å²) in [5, 5.41) is 6.04. The molecule has 2 aromatic carbocycles. The van der Waals surface area contributed by atoms with Crippen molar-refractivity contribution in [1.29, 1.82) is 0 Å². The Morgan fingerprint density at radius 1 is 1.10 bits per heavy atom. The summed E-state index contributed by atoms with van der Waals surface area (Å²) in [7, 11) is 4.53. The fourth-order valence-corrected chi connectivity index (χ4v) is 3.26. The molecule has 8 heteroatoms.